The maximum Gasteiger partial charge on any atom is 0.157 e. The van der Waals surface area contributed by atoms with Crippen molar-refractivity contribution >= 4 is 38.6 Å². The van der Waals surface area contributed by atoms with E-state index in [1.54, 1.807) is 22.7 Å². The normalized spacial score (nSPS) is 13.1. The Labute approximate surface area is 104 Å². The maximum atomic E-state index is 5.74. The number of hydrogen-bond acceptors (Lipinski definition) is 5. The molecular weight excluding hydrogens is 294 g/mol. The summed E-state index contributed by atoms with van der Waals surface area (Å²) in [4.78, 5) is 1.14. The van der Waals surface area contributed by atoms with Crippen LogP contribution in [-0.4, -0.2) is 10.2 Å². The topological polar surface area (TPSA) is 51.8 Å². The van der Waals surface area contributed by atoms with E-state index < -0.39 is 0 Å². The number of thiophene rings is 1. The molecule has 2 aromatic rings. The second kappa shape index (κ2) is 4.29. The van der Waals surface area contributed by atoms with Gasteiger partial charge in [0.15, 0.2) is 5.01 Å². The Morgan fingerprint density at radius 1 is 1.40 bits per heavy atom. The first-order valence-corrected chi connectivity index (χ1v) is 6.86. The van der Waals surface area contributed by atoms with Crippen LogP contribution in [0.2, 0.25) is 0 Å². The van der Waals surface area contributed by atoms with Gasteiger partial charge in [0.1, 0.15) is 5.01 Å². The predicted molar refractivity (Wildman–Crippen MR) is 68.3 cm³/mol. The monoisotopic (exact) mass is 303 g/mol. The molecule has 2 N–H and O–H groups in total. The van der Waals surface area contributed by atoms with E-state index in [0.717, 1.165) is 18.7 Å². The molecule has 0 fully saturated rings. The molecule has 2 rings (SSSR count). The Balaban J connectivity index is 2.37. The van der Waals surface area contributed by atoms with Crippen molar-refractivity contribution in [1.29, 1.82) is 0 Å². The van der Waals surface area contributed by atoms with Crippen molar-refractivity contribution in [2.45, 2.75) is 19.9 Å². The molecule has 3 nitrogen and oxygen atoms in total. The van der Waals surface area contributed by atoms with Crippen molar-refractivity contribution in [3.8, 4) is 9.88 Å². The number of nitrogens with zero attached hydrogens (tertiary/aromatic N) is 2. The zero-order valence-corrected chi connectivity index (χ0v) is 11.5. The number of rotatable bonds is 2. The molecule has 0 radical (unpaired) electrons. The van der Waals surface area contributed by atoms with E-state index >= 15 is 0 Å². The molecule has 0 spiro atoms. The lowest BCUT2D eigenvalue weighted by atomic mass is 10.3. The predicted octanol–water partition coefficient (Wildman–Crippen LogP) is 3.36. The van der Waals surface area contributed by atoms with Crippen LogP contribution < -0.4 is 5.73 Å². The van der Waals surface area contributed by atoms with Crippen molar-refractivity contribution in [1.82, 2.24) is 10.2 Å². The van der Waals surface area contributed by atoms with Crippen LogP contribution >= 0.6 is 38.6 Å². The van der Waals surface area contributed by atoms with Gasteiger partial charge in [0.2, 0.25) is 0 Å². The lowest BCUT2D eigenvalue weighted by molar-refractivity contribution is 0.786. The summed E-state index contributed by atoms with van der Waals surface area (Å²) in [7, 11) is 0. The minimum Gasteiger partial charge on any atom is -0.322 e. The lowest BCUT2D eigenvalue weighted by Gasteiger charge is -1.94. The van der Waals surface area contributed by atoms with Crippen LogP contribution in [0.4, 0.5) is 0 Å². The van der Waals surface area contributed by atoms with E-state index in [1.807, 2.05) is 6.92 Å². The fourth-order valence-electron chi connectivity index (χ4n) is 1.08. The Morgan fingerprint density at radius 2 is 2.13 bits per heavy atom. The molecule has 0 aliphatic heterocycles. The SMILES string of the molecule is Cc1cc(-c2nnc(C(C)N)s2)sc1Br. The molecule has 1 unspecified atom stereocenters. The highest BCUT2D eigenvalue weighted by atomic mass is 79.9. The molecule has 0 saturated carbocycles. The van der Waals surface area contributed by atoms with Gasteiger partial charge >= 0.3 is 0 Å². The molecule has 0 saturated heterocycles. The van der Waals surface area contributed by atoms with Gasteiger partial charge in [-0.3, -0.25) is 0 Å². The van der Waals surface area contributed by atoms with E-state index in [2.05, 4.69) is 39.1 Å². The molecule has 0 amide bonds. The molecule has 80 valence electrons. The first-order valence-electron chi connectivity index (χ1n) is 4.43. The van der Waals surface area contributed by atoms with Crippen LogP contribution in [0, 0.1) is 6.92 Å². The summed E-state index contributed by atoms with van der Waals surface area (Å²) in [5.41, 5.74) is 6.97. The number of hydrogen-bond donors (Lipinski definition) is 1. The molecule has 2 heterocycles. The first-order chi connectivity index (χ1) is 7.08. The number of halogens is 1. The van der Waals surface area contributed by atoms with Gasteiger partial charge in [-0.15, -0.1) is 21.5 Å². The molecule has 6 heteroatoms. The smallest absolute Gasteiger partial charge is 0.157 e. The Kier molecular flexibility index (Phi) is 3.20. The summed E-state index contributed by atoms with van der Waals surface area (Å²) < 4.78 is 1.15. The quantitative estimate of drug-likeness (QED) is 0.925. The van der Waals surface area contributed by atoms with Gasteiger partial charge in [0, 0.05) is 0 Å². The molecule has 0 bridgehead atoms. The lowest BCUT2D eigenvalue weighted by Crippen LogP contribution is -2.03. The summed E-state index contributed by atoms with van der Waals surface area (Å²) >= 11 is 6.73. The fourth-order valence-corrected chi connectivity index (χ4v) is 3.45. The highest BCUT2D eigenvalue weighted by molar-refractivity contribution is 9.11. The Hall–Kier alpha value is -0.300. The standard InChI is InChI=1S/C9H10BrN3S2/c1-4-3-6(14-7(4)10)9-13-12-8(15-9)5(2)11/h3,5H,11H2,1-2H3. The molecular formula is C9H10BrN3S2. The van der Waals surface area contributed by atoms with E-state index in [4.69, 9.17) is 5.73 Å². The Morgan fingerprint density at radius 3 is 2.60 bits per heavy atom. The highest BCUT2D eigenvalue weighted by Crippen LogP contribution is 2.36. The highest BCUT2D eigenvalue weighted by Gasteiger charge is 2.12. The Bertz CT molecular complexity index is 456. The van der Waals surface area contributed by atoms with Gasteiger partial charge < -0.3 is 5.73 Å². The van der Waals surface area contributed by atoms with Gasteiger partial charge in [0.05, 0.1) is 14.7 Å². The van der Waals surface area contributed by atoms with Crippen molar-refractivity contribution in [3.63, 3.8) is 0 Å². The summed E-state index contributed by atoms with van der Waals surface area (Å²) in [6.07, 6.45) is 0. The minimum atomic E-state index is -0.0410. The second-order valence-electron chi connectivity index (χ2n) is 3.30. The second-order valence-corrected chi connectivity index (χ2v) is 6.68. The molecule has 15 heavy (non-hydrogen) atoms. The van der Waals surface area contributed by atoms with Crippen molar-refractivity contribution in [3.05, 3.63) is 20.4 Å². The van der Waals surface area contributed by atoms with Gasteiger partial charge in [0.25, 0.3) is 0 Å². The van der Waals surface area contributed by atoms with Crippen LogP contribution in [0.3, 0.4) is 0 Å². The molecule has 0 aliphatic rings. The fraction of sp³-hybridized carbons (Fsp3) is 0.333. The number of aromatic nitrogens is 2. The van der Waals surface area contributed by atoms with Crippen molar-refractivity contribution in [2.75, 3.05) is 0 Å². The third-order valence-corrected chi connectivity index (χ3v) is 5.33. The van der Waals surface area contributed by atoms with Crippen molar-refractivity contribution < 1.29 is 0 Å². The summed E-state index contributed by atoms with van der Waals surface area (Å²) in [5, 5.41) is 10.0. The van der Waals surface area contributed by atoms with Gasteiger partial charge in [-0.25, -0.2) is 0 Å². The van der Waals surface area contributed by atoms with E-state index in [0.29, 0.717) is 0 Å². The van der Waals surface area contributed by atoms with E-state index in [9.17, 15) is 0 Å². The minimum absolute atomic E-state index is 0.0410. The van der Waals surface area contributed by atoms with Crippen molar-refractivity contribution in [2.24, 2.45) is 5.73 Å². The van der Waals surface area contributed by atoms with E-state index in [1.165, 1.54) is 5.56 Å². The van der Waals surface area contributed by atoms with Crippen LogP contribution in [0.15, 0.2) is 9.85 Å². The average molecular weight is 304 g/mol. The molecule has 1 atom stereocenters. The van der Waals surface area contributed by atoms with Gasteiger partial charge in [-0.05, 0) is 41.4 Å². The largest absolute Gasteiger partial charge is 0.322 e. The molecule has 0 aromatic carbocycles. The maximum absolute atomic E-state index is 5.74. The average Bonchev–Trinajstić information content (AvgIpc) is 2.74. The van der Waals surface area contributed by atoms with Crippen LogP contribution in [0.25, 0.3) is 9.88 Å². The van der Waals surface area contributed by atoms with Gasteiger partial charge in [-0.2, -0.15) is 0 Å². The third kappa shape index (κ3) is 2.28. The van der Waals surface area contributed by atoms with E-state index in [-0.39, 0.29) is 6.04 Å². The van der Waals surface area contributed by atoms with Crippen LogP contribution in [0.1, 0.15) is 23.5 Å². The third-order valence-electron chi connectivity index (χ3n) is 1.90. The number of nitrogens with two attached hydrogens (primary N) is 1. The summed E-state index contributed by atoms with van der Waals surface area (Å²) in [6, 6.07) is 2.07. The summed E-state index contributed by atoms with van der Waals surface area (Å²) in [5.74, 6) is 0. The molecule has 0 aliphatic carbocycles. The molecule has 2 aromatic heterocycles. The first kappa shape index (κ1) is 11.2. The van der Waals surface area contributed by atoms with Crippen LogP contribution in [-0.2, 0) is 0 Å². The number of aryl methyl sites for hydroxylation is 1. The zero-order valence-electron chi connectivity index (χ0n) is 8.32. The van der Waals surface area contributed by atoms with Crippen LogP contribution in [0.5, 0.6) is 0 Å². The van der Waals surface area contributed by atoms with Gasteiger partial charge in [-0.1, -0.05) is 11.3 Å². The zero-order chi connectivity index (χ0) is 11.0. The summed E-state index contributed by atoms with van der Waals surface area (Å²) in [6.45, 7) is 3.98.